The fraction of sp³-hybridized carbons (Fsp3) is 0.200. The van der Waals surface area contributed by atoms with Gasteiger partial charge in [-0.1, -0.05) is 35.3 Å². The van der Waals surface area contributed by atoms with E-state index in [1.807, 2.05) is 0 Å². The molecule has 5 rings (SSSR count). The van der Waals surface area contributed by atoms with Crippen LogP contribution in [-0.2, 0) is 38.1 Å². The first kappa shape index (κ1) is 28.8. The molecular weight excluding hydrogens is 600 g/mol. The van der Waals surface area contributed by atoms with Crippen molar-refractivity contribution in [3.05, 3.63) is 97.2 Å². The second-order valence-corrected chi connectivity index (χ2v) is 11.5. The molecule has 0 saturated heterocycles. The topological polar surface area (TPSA) is 178 Å². The molecular formula is C25H22Cl2N5O8P. The average Bonchev–Trinajstić information content (AvgIpc) is 3.52. The quantitative estimate of drug-likeness (QED) is 0.144. The first-order chi connectivity index (χ1) is 19.7. The highest BCUT2D eigenvalue weighted by molar-refractivity contribution is 7.53. The molecule has 3 heterocycles. The molecule has 0 aliphatic heterocycles. The smallest absolute Gasteiger partial charge is 0.393 e. The number of nitrogens with zero attached hydrogens (tertiary/aromatic N) is 3. The molecule has 0 aliphatic rings. The molecule has 5 aromatic rings. The van der Waals surface area contributed by atoms with Gasteiger partial charge in [0.2, 0.25) is 5.95 Å². The predicted octanol–water partition coefficient (Wildman–Crippen LogP) is 4.82. The molecule has 0 saturated carbocycles. The summed E-state index contributed by atoms with van der Waals surface area (Å²) in [5.74, 6) is -0.910. The third kappa shape index (κ3) is 7.14. The van der Waals surface area contributed by atoms with Crippen molar-refractivity contribution in [2.45, 2.75) is 19.8 Å². The summed E-state index contributed by atoms with van der Waals surface area (Å²) in [6.45, 7) is -0.279. The number of aromatic nitrogens is 4. The molecule has 3 N–H and O–H groups in total. The molecule has 0 radical (unpaired) electrons. The van der Waals surface area contributed by atoms with Crippen LogP contribution in [0.4, 0.5) is 5.95 Å². The van der Waals surface area contributed by atoms with E-state index in [-0.39, 0.29) is 48.4 Å². The van der Waals surface area contributed by atoms with E-state index < -0.39 is 31.9 Å². The SMILES string of the molecule is Nc1nc2c(ncn2CCOCP(=O)(OCc2cccc(Cl)c2)OCc2oc(=O)oc2-c2ccc(Cl)cc2)c(=O)[nH]1. The third-order valence-electron chi connectivity index (χ3n) is 5.68. The first-order valence-corrected chi connectivity index (χ1v) is 14.5. The minimum Gasteiger partial charge on any atom is -0.393 e. The van der Waals surface area contributed by atoms with Crippen LogP contribution in [0.5, 0.6) is 0 Å². The van der Waals surface area contributed by atoms with Crippen LogP contribution in [0.3, 0.4) is 0 Å². The van der Waals surface area contributed by atoms with Gasteiger partial charge >= 0.3 is 13.4 Å². The Balaban J connectivity index is 1.29. The molecule has 2 aromatic carbocycles. The van der Waals surface area contributed by atoms with Gasteiger partial charge in [0, 0.05) is 22.2 Å². The molecule has 16 heteroatoms. The Kier molecular flexibility index (Phi) is 8.74. The third-order valence-corrected chi connectivity index (χ3v) is 7.71. The maximum absolute atomic E-state index is 13.7. The van der Waals surface area contributed by atoms with Crippen LogP contribution in [0.2, 0.25) is 10.0 Å². The van der Waals surface area contributed by atoms with Gasteiger partial charge in [-0.3, -0.25) is 18.9 Å². The minimum atomic E-state index is -3.95. The van der Waals surface area contributed by atoms with Gasteiger partial charge in [0.1, 0.15) is 13.0 Å². The monoisotopic (exact) mass is 621 g/mol. The molecule has 13 nitrogen and oxygen atoms in total. The molecule has 1 atom stereocenters. The number of aromatic amines is 1. The fourth-order valence-electron chi connectivity index (χ4n) is 3.77. The predicted molar refractivity (Wildman–Crippen MR) is 150 cm³/mol. The first-order valence-electron chi connectivity index (χ1n) is 12.0. The summed E-state index contributed by atoms with van der Waals surface area (Å²) in [4.78, 5) is 34.4. The Morgan fingerprint density at radius 3 is 2.59 bits per heavy atom. The van der Waals surface area contributed by atoms with Crippen LogP contribution in [0, 0.1) is 0 Å². The fourth-order valence-corrected chi connectivity index (χ4v) is 5.34. The number of hydrogen-bond acceptors (Lipinski definition) is 11. The van der Waals surface area contributed by atoms with Crippen molar-refractivity contribution < 1.29 is 27.2 Å². The van der Waals surface area contributed by atoms with Crippen molar-refractivity contribution in [2.75, 3.05) is 18.7 Å². The highest BCUT2D eigenvalue weighted by Crippen LogP contribution is 2.50. The van der Waals surface area contributed by atoms with Crippen molar-refractivity contribution >= 4 is 47.9 Å². The number of nitrogen functional groups attached to an aromatic ring is 1. The van der Waals surface area contributed by atoms with Crippen LogP contribution < -0.4 is 17.1 Å². The van der Waals surface area contributed by atoms with Gasteiger partial charge in [0.15, 0.2) is 22.7 Å². The lowest BCUT2D eigenvalue weighted by molar-refractivity contribution is 0.114. The van der Waals surface area contributed by atoms with Gasteiger partial charge in [-0.15, -0.1) is 0 Å². The van der Waals surface area contributed by atoms with Crippen LogP contribution in [0.1, 0.15) is 11.3 Å². The van der Waals surface area contributed by atoms with E-state index >= 15 is 0 Å². The second-order valence-electron chi connectivity index (χ2n) is 8.60. The average molecular weight is 622 g/mol. The lowest BCUT2D eigenvalue weighted by Crippen LogP contribution is -2.13. The molecule has 0 spiro atoms. The summed E-state index contributed by atoms with van der Waals surface area (Å²) in [7, 11) is -3.95. The van der Waals surface area contributed by atoms with Crippen molar-refractivity contribution in [3.8, 4) is 11.3 Å². The van der Waals surface area contributed by atoms with Gasteiger partial charge in [-0.2, -0.15) is 4.98 Å². The highest BCUT2D eigenvalue weighted by Gasteiger charge is 2.28. The summed E-state index contributed by atoms with van der Waals surface area (Å²) in [6, 6.07) is 13.3. The number of benzene rings is 2. The van der Waals surface area contributed by atoms with E-state index in [1.54, 1.807) is 53.1 Å². The summed E-state index contributed by atoms with van der Waals surface area (Å²) >= 11 is 12.0. The normalized spacial score (nSPS) is 13.0. The molecule has 214 valence electrons. The van der Waals surface area contributed by atoms with Gasteiger partial charge in [0.05, 0.1) is 19.5 Å². The lowest BCUT2D eigenvalue weighted by atomic mass is 10.1. The highest BCUT2D eigenvalue weighted by atomic mass is 35.5. The number of hydrogen-bond donors (Lipinski definition) is 2. The number of rotatable bonds is 12. The number of H-pyrrole nitrogens is 1. The van der Waals surface area contributed by atoms with Crippen molar-refractivity contribution in [1.29, 1.82) is 0 Å². The van der Waals surface area contributed by atoms with E-state index in [4.69, 9.17) is 51.6 Å². The van der Waals surface area contributed by atoms with E-state index in [0.29, 0.717) is 21.2 Å². The molecule has 0 fully saturated rings. The minimum absolute atomic E-state index is 0.00248. The molecule has 3 aromatic heterocycles. The molecule has 0 bridgehead atoms. The summed E-state index contributed by atoms with van der Waals surface area (Å²) in [5, 5.41) is 0.967. The van der Waals surface area contributed by atoms with Crippen LogP contribution in [0.15, 0.2) is 73.3 Å². The zero-order valence-corrected chi connectivity index (χ0v) is 23.5. The van der Waals surface area contributed by atoms with Gasteiger partial charge in [-0.25, -0.2) is 9.78 Å². The Bertz CT molecular complexity index is 1830. The summed E-state index contributed by atoms with van der Waals surface area (Å²) < 4.78 is 42.6. The zero-order valence-electron chi connectivity index (χ0n) is 21.1. The molecule has 0 aliphatic carbocycles. The number of halogens is 2. The van der Waals surface area contributed by atoms with Crippen molar-refractivity contribution in [2.24, 2.45) is 0 Å². The number of nitrogens with one attached hydrogen (secondary N) is 1. The summed E-state index contributed by atoms with van der Waals surface area (Å²) in [5.41, 5.74) is 6.72. The Morgan fingerprint density at radius 2 is 1.80 bits per heavy atom. The van der Waals surface area contributed by atoms with E-state index in [1.165, 1.54) is 6.33 Å². The molecule has 0 amide bonds. The van der Waals surface area contributed by atoms with E-state index in [9.17, 15) is 14.2 Å². The zero-order chi connectivity index (χ0) is 29.0. The molecule has 41 heavy (non-hydrogen) atoms. The van der Waals surface area contributed by atoms with Crippen LogP contribution in [-0.4, -0.2) is 32.5 Å². The standard InChI is InChI=1S/C25H22Cl2N5O8P/c26-17-6-4-16(5-7-17)21-19(39-25(34)40-21)12-38-41(35,37-11-15-2-1-3-18(27)10-15)14-36-9-8-32-13-29-20-22(32)30-24(28)31-23(20)33/h1-7,10,13H,8-9,11-12,14H2,(H3,28,30,31,33). The van der Waals surface area contributed by atoms with Crippen molar-refractivity contribution in [3.63, 3.8) is 0 Å². The van der Waals surface area contributed by atoms with E-state index in [0.717, 1.165) is 0 Å². The number of ether oxygens (including phenoxy) is 1. The largest absolute Gasteiger partial charge is 0.519 e. The Labute approximate surface area is 241 Å². The Morgan fingerprint density at radius 1 is 1.02 bits per heavy atom. The maximum Gasteiger partial charge on any atom is 0.519 e. The maximum atomic E-state index is 13.7. The summed E-state index contributed by atoms with van der Waals surface area (Å²) in [6.07, 6.45) is 0.968. The van der Waals surface area contributed by atoms with Crippen molar-refractivity contribution in [1.82, 2.24) is 19.5 Å². The van der Waals surface area contributed by atoms with E-state index in [2.05, 4.69) is 15.0 Å². The van der Waals surface area contributed by atoms with Crippen LogP contribution in [0.25, 0.3) is 22.5 Å². The van der Waals surface area contributed by atoms with Gasteiger partial charge in [0.25, 0.3) is 5.56 Å². The Hall–Kier alpha value is -3.71. The van der Waals surface area contributed by atoms with Gasteiger partial charge in [-0.05, 0) is 42.0 Å². The number of fused-ring (bicyclic) bond motifs is 1. The molecule has 1 unspecified atom stereocenters. The second kappa shape index (κ2) is 12.4. The van der Waals surface area contributed by atoms with Gasteiger partial charge < -0.3 is 28.4 Å². The number of imidazole rings is 1. The lowest BCUT2D eigenvalue weighted by Gasteiger charge is -2.18. The van der Waals surface area contributed by atoms with Crippen LogP contribution >= 0.6 is 30.8 Å². The number of anilines is 1. The number of nitrogens with two attached hydrogens (primary N) is 1.